The first-order valence-electron chi connectivity index (χ1n) is 20.5. The molecule has 0 saturated heterocycles. The summed E-state index contributed by atoms with van der Waals surface area (Å²) in [6.07, 6.45) is 0. The molecule has 7 aromatic carbocycles. The number of allylic oxidation sites excluding steroid dienone is 2. The molecule has 3 heterocycles. The van der Waals surface area contributed by atoms with Crippen LogP contribution in [-0.4, -0.2) is 9.55 Å². The van der Waals surface area contributed by atoms with Crippen molar-refractivity contribution >= 4 is 44.3 Å². The molecular weight excluding hydrogens is 932 g/mol. The molecule has 306 valence electrons. The summed E-state index contributed by atoms with van der Waals surface area (Å²) in [6.45, 7) is 15.8. The average Bonchev–Trinajstić information content (AvgIpc) is 3.95. The fourth-order valence-corrected chi connectivity index (χ4v) is 8.50. The van der Waals surface area contributed by atoms with Crippen LogP contribution in [-0.2, 0) is 31.9 Å². The first kappa shape index (κ1) is 40.1. The molecule has 1 aliphatic rings. The Morgan fingerprint density at radius 3 is 1.87 bits per heavy atom. The predicted molar refractivity (Wildman–Crippen MR) is 244 cm³/mol. The molecule has 0 unspecified atom stereocenters. The van der Waals surface area contributed by atoms with Crippen LogP contribution in [0.2, 0.25) is 0 Å². The molecule has 0 saturated carbocycles. The molecule has 0 radical (unpaired) electrons. The van der Waals surface area contributed by atoms with Gasteiger partial charge in [0.1, 0.15) is 5.52 Å². The Morgan fingerprint density at radius 2 is 1.18 bits per heavy atom. The van der Waals surface area contributed by atoms with E-state index in [1.165, 1.54) is 22.3 Å². The number of oxazole rings is 1. The maximum absolute atomic E-state index is 6.55. The van der Waals surface area contributed by atoms with Crippen LogP contribution < -0.4 is 14.5 Å². The summed E-state index contributed by atoms with van der Waals surface area (Å²) in [5.74, 6) is 1.15. The topological polar surface area (TPSA) is 46.7 Å². The summed E-state index contributed by atoms with van der Waals surface area (Å²) in [5.41, 5.74) is 12.2. The second-order valence-corrected chi connectivity index (χ2v) is 16.7. The number of anilines is 2. The predicted octanol–water partition coefficient (Wildman–Crippen LogP) is 13.7. The van der Waals surface area contributed by atoms with Gasteiger partial charge in [-0.15, -0.1) is 48.1 Å². The van der Waals surface area contributed by atoms with E-state index in [0.29, 0.717) is 17.5 Å². The van der Waals surface area contributed by atoms with Crippen molar-refractivity contribution in [2.45, 2.75) is 52.4 Å². The van der Waals surface area contributed by atoms with Gasteiger partial charge < -0.3 is 19.0 Å². The Kier molecular flexibility index (Phi) is 10.2. The van der Waals surface area contributed by atoms with Crippen molar-refractivity contribution in [2.75, 3.05) is 9.80 Å². The molecule has 61 heavy (non-hydrogen) atoms. The first-order chi connectivity index (χ1) is 29.1. The van der Waals surface area contributed by atoms with E-state index in [1.54, 1.807) is 0 Å². The molecule has 2 aromatic heterocycles. The van der Waals surface area contributed by atoms with Crippen molar-refractivity contribution in [2.24, 2.45) is 0 Å². The molecular formula is C54H45N4O2Pt-3. The SMILES string of the molecule is CC1=C(C)N(c2cc(C(C)(C)c3ccccc3)cc(C(C)(C)c3ccccc3)c2)[CH-]N1c1[c-]c(Oc2[c-]c3c(cc2)c2ccccc2n3-c2nc3ccccc3o2)ccc1.[Pt]. The standard InChI is InChI=1S/C54H45N4O2.Pt/c1-36-37(2)57(43-31-40(53(3,4)38-18-9-7-10-19-38)30-41(32-43)54(5,6)39-20-11-8-12-21-39)35-56(36)42-22-17-23-44(33-42)59-45-28-29-47-46-24-13-15-26-49(46)58(50(47)34-45)52-55-48-25-14-16-27-51(48)60-52;/h7-32,35H,1-6H3;/q-3;. The summed E-state index contributed by atoms with van der Waals surface area (Å²) in [4.78, 5) is 9.33. The van der Waals surface area contributed by atoms with Gasteiger partial charge in [0.15, 0.2) is 5.58 Å². The van der Waals surface area contributed by atoms with Crippen molar-refractivity contribution in [3.63, 3.8) is 0 Å². The Hall–Kier alpha value is -6.36. The molecule has 9 aromatic rings. The maximum atomic E-state index is 6.55. The van der Waals surface area contributed by atoms with Crippen molar-refractivity contribution < 1.29 is 30.2 Å². The number of benzene rings is 7. The molecule has 6 nitrogen and oxygen atoms in total. The number of ether oxygens (including phenoxy) is 1. The van der Waals surface area contributed by atoms with Crippen LogP contribution in [0.15, 0.2) is 174 Å². The van der Waals surface area contributed by atoms with E-state index in [9.17, 15) is 0 Å². The number of para-hydroxylation sites is 3. The van der Waals surface area contributed by atoms with Gasteiger partial charge in [0, 0.05) is 66.0 Å². The zero-order chi connectivity index (χ0) is 41.2. The first-order valence-corrected chi connectivity index (χ1v) is 20.5. The summed E-state index contributed by atoms with van der Waals surface area (Å²) in [6, 6.07) is 62.4. The Bertz CT molecular complexity index is 2990. The van der Waals surface area contributed by atoms with Crippen LogP contribution in [0.3, 0.4) is 0 Å². The number of hydrogen-bond donors (Lipinski definition) is 0. The van der Waals surface area contributed by atoms with Crippen molar-refractivity contribution in [1.29, 1.82) is 0 Å². The third-order valence-electron chi connectivity index (χ3n) is 12.4. The van der Waals surface area contributed by atoms with Gasteiger partial charge in [0.2, 0.25) is 0 Å². The van der Waals surface area contributed by atoms with Crippen LogP contribution in [0.25, 0.3) is 38.9 Å². The molecule has 0 spiro atoms. The van der Waals surface area contributed by atoms with Gasteiger partial charge in [0.05, 0.1) is 0 Å². The molecule has 0 atom stereocenters. The van der Waals surface area contributed by atoms with Gasteiger partial charge >= 0.3 is 6.01 Å². The monoisotopic (exact) mass is 976 g/mol. The molecule has 10 rings (SSSR count). The van der Waals surface area contributed by atoms with E-state index >= 15 is 0 Å². The number of rotatable bonds is 9. The minimum absolute atomic E-state index is 0. The molecule has 0 fully saturated rings. The normalized spacial score (nSPS) is 13.4. The number of nitrogens with zero attached hydrogens (tertiary/aromatic N) is 4. The number of fused-ring (bicyclic) bond motifs is 4. The molecule has 7 heteroatoms. The Balaban J connectivity index is 0.00000476. The quantitative estimate of drug-likeness (QED) is 0.135. The molecule has 0 bridgehead atoms. The minimum Gasteiger partial charge on any atom is -0.509 e. The molecule has 0 N–H and O–H groups in total. The summed E-state index contributed by atoms with van der Waals surface area (Å²) < 4.78 is 14.8. The Labute approximate surface area is 372 Å². The fourth-order valence-electron chi connectivity index (χ4n) is 8.50. The van der Waals surface area contributed by atoms with Crippen LogP contribution >= 0.6 is 0 Å². The second-order valence-electron chi connectivity index (χ2n) is 16.7. The smallest absolute Gasteiger partial charge is 0.305 e. The van der Waals surface area contributed by atoms with Crippen LogP contribution in [0.4, 0.5) is 11.4 Å². The van der Waals surface area contributed by atoms with Gasteiger partial charge in [-0.25, -0.2) is 0 Å². The van der Waals surface area contributed by atoms with E-state index in [-0.39, 0.29) is 31.9 Å². The fraction of sp³-hybridized carbons (Fsp3) is 0.148. The summed E-state index contributed by atoms with van der Waals surface area (Å²) in [5, 5.41) is 2.12. The van der Waals surface area contributed by atoms with Crippen molar-refractivity contribution in [3.8, 4) is 17.5 Å². The van der Waals surface area contributed by atoms with E-state index in [2.05, 4.69) is 173 Å². The molecule has 1 aliphatic heterocycles. The second kappa shape index (κ2) is 15.6. The van der Waals surface area contributed by atoms with Crippen LogP contribution in [0, 0.1) is 18.8 Å². The zero-order valence-electron chi connectivity index (χ0n) is 35.0. The average molecular weight is 977 g/mol. The van der Waals surface area contributed by atoms with E-state index < -0.39 is 0 Å². The van der Waals surface area contributed by atoms with Crippen molar-refractivity contribution in [3.05, 3.63) is 210 Å². The van der Waals surface area contributed by atoms with Gasteiger partial charge in [-0.05, 0) is 71.8 Å². The molecule has 0 amide bonds. The van der Waals surface area contributed by atoms with Gasteiger partial charge in [-0.1, -0.05) is 130 Å². The zero-order valence-corrected chi connectivity index (χ0v) is 37.3. The summed E-state index contributed by atoms with van der Waals surface area (Å²) >= 11 is 0. The minimum atomic E-state index is -0.235. The maximum Gasteiger partial charge on any atom is 0.305 e. The van der Waals surface area contributed by atoms with E-state index in [1.807, 2.05) is 59.2 Å². The third kappa shape index (κ3) is 7.03. The molecule has 0 aliphatic carbocycles. The summed E-state index contributed by atoms with van der Waals surface area (Å²) in [7, 11) is 0. The number of aromatic nitrogens is 2. The van der Waals surface area contributed by atoms with Crippen LogP contribution in [0.1, 0.15) is 63.8 Å². The van der Waals surface area contributed by atoms with Gasteiger partial charge in [-0.2, -0.15) is 17.1 Å². The Morgan fingerprint density at radius 1 is 0.574 bits per heavy atom. The largest absolute Gasteiger partial charge is 0.509 e. The third-order valence-corrected chi connectivity index (χ3v) is 12.4. The van der Waals surface area contributed by atoms with E-state index in [0.717, 1.165) is 55.7 Å². The number of hydrogen-bond acceptors (Lipinski definition) is 5. The van der Waals surface area contributed by atoms with Gasteiger partial charge in [0.25, 0.3) is 0 Å². The van der Waals surface area contributed by atoms with Crippen molar-refractivity contribution in [1.82, 2.24) is 9.55 Å². The van der Waals surface area contributed by atoms with Crippen LogP contribution in [0.5, 0.6) is 11.5 Å². The van der Waals surface area contributed by atoms with Gasteiger partial charge in [-0.3, -0.25) is 4.57 Å². The van der Waals surface area contributed by atoms with E-state index in [4.69, 9.17) is 14.1 Å².